The summed E-state index contributed by atoms with van der Waals surface area (Å²) in [6, 6.07) is 4.17. The Morgan fingerprint density at radius 1 is 1.42 bits per heavy atom. The molecular weight excluding hydrogens is 270 g/mol. The maximum atomic E-state index is 11.9. The number of nitrogens with one attached hydrogen (secondary N) is 2. The zero-order valence-corrected chi connectivity index (χ0v) is 11.4. The van der Waals surface area contributed by atoms with Gasteiger partial charge in [0, 0.05) is 12.6 Å². The maximum Gasteiger partial charge on any atom is 0.283 e. The predicted octanol–water partition coefficient (Wildman–Crippen LogP) is 1.98. The van der Waals surface area contributed by atoms with Gasteiger partial charge in [0.25, 0.3) is 11.6 Å². The summed E-state index contributed by atoms with van der Waals surface area (Å²) in [6.45, 7) is 4.07. The first-order valence-electron chi connectivity index (χ1n) is 5.99. The van der Waals surface area contributed by atoms with Crippen LogP contribution in [0.25, 0.3) is 0 Å². The molecule has 0 spiro atoms. The lowest BCUT2D eigenvalue weighted by molar-refractivity contribution is -0.385. The van der Waals surface area contributed by atoms with E-state index in [0.29, 0.717) is 6.54 Å². The van der Waals surface area contributed by atoms with E-state index in [1.165, 1.54) is 18.2 Å². The summed E-state index contributed by atoms with van der Waals surface area (Å²) in [5.74, 6) is -0.520. The van der Waals surface area contributed by atoms with E-state index in [1.54, 1.807) is 0 Å². The number of nitrogens with zero attached hydrogens (tertiary/aromatic N) is 1. The Balaban J connectivity index is 2.68. The molecule has 19 heavy (non-hydrogen) atoms. The Kier molecular flexibility index (Phi) is 6.24. The molecule has 1 amide bonds. The Labute approximate surface area is 116 Å². The van der Waals surface area contributed by atoms with Crippen molar-refractivity contribution in [3.63, 3.8) is 0 Å². The van der Waals surface area contributed by atoms with Crippen LogP contribution < -0.4 is 10.6 Å². The van der Waals surface area contributed by atoms with Crippen molar-refractivity contribution in [1.82, 2.24) is 10.6 Å². The average Bonchev–Trinajstić information content (AvgIpc) is 2.37. The molecule has 104 valence electrons. The second-order valence-corrected chi connectivity index (χ2v) is 4.26. The number of nitro benzene ring substituents is 1. The highest BCUT2D eigenvalue weighted by Gasteiger charge is 2.22. The van der Waals surface area contributed by atoms with Gasteiger partial charge in [-0.05, 0) is 25.6 Å². The van der Waals surface area contributed by atoms with E-state index in [1.807, 2.05) is 6.92 Å². The van der Waals surface area contributed by atoms with E-state index in [4.69, 9.17) is 11.6 Å². The van der Waals surface area contributed by atoms with Crippen molar-refractivity contribution in [2.45, 2.75) is 13.3 Å². The predicted molar refractivity (Wildman–Crippen MR) is 73.6 cm³/mol. The third-order valence-corrected chi connectivity index (χ3v) is 2.80. The van der Waals surface area contributed by atoms with Crippen molar-refractivity contribution in [3.8, 4) is 0 Å². The highest BCUT2D eigenvalue weighted by Crippen LogP contribution is 2.25. The van der Waals surface area contributed by atoms with Crippen LogP contribution in [0.2, 0.25) is 5.02 Å². The van der Waals surface area contributed by atoms with Crippen LogP contribution in [0.5, 0.6) is 0 Å². The fourth-order valence-corrected chi connectivity index (χ4v) is 1.83. The first-order chi connectivity index (χ1) is 9.07. The van der Waals surface area contributed by atoms with Gasteiger partial charge in [0.05, 0.1) is 9.95 Å². The molecule has 7 heteroatoms. The number of hydrogen-bond donors (Lipinski definition) is 2. The molecule has 0 unspecified atom stereocenters. The van der Waals surface area contributed by atoms with Crippen LogP contribution in [0.1, 0.15) is 23.7 Å². The maximum absolute atomic E-state index is 11.9. The van der Waals surface area contributed by atoms with E-state index < -0.39 is 10.8 Å². The number of carbonyl (C=O) groups is 1. The summed E-state index contributed by atoms with van der Waals surface area (Å²) in [6.07, 6.45) is 0.748. The standard InChI is InChI=1S/C12H16ClN3O3/c1-2-14-7-4-8-15-12(17)11-9(13)5-3-6-10(11)16(18)19/h3,5-6,14H,2,4,7-8H2,1H3,(H,15,17). The van der Waals surface area contributed by atoms with Gasteiger partial charge in [-0.3, -0.25) is 14.9 Å². The molecule has 1 aromatic carbocycles. The van der Waals surface area contributed by atoms with E-state index in [2.05, 4.69) is 10.6 Å². The lowest BCUT2D eigenvalue weighted by Crippen LogP contribution is -2.28. The summed E-state index contributed by atoms with van der Waals surface area (Å²) in [4.78, 5) is 22.1. The number of hydrogen-bond acceptors (Lipinski definition) is 4. The van der Waals surface area contributed by atoms with Crippen molar-refractivity contribution in [2.75, 3.05) is 19.6 Å². The molecule has 0 aromatic heterocycles. The largest absolute Gasteiger partial charge is 0.352 e. The number of rotatable bonds is 7. The molecule has 6 nitrogen and oxygen atoms in total. The van der Waals surface area contributed by atoms with Crippen LogP contribution in [0, 0.1) is 10.1 Å². The van der Waals surface area contributed by atoms with Crippen LogP contribution in [0.3, 0.4) is 0 Å². The van der Waals surface area contributed by atoms with Crippen molar-refractivity contribution in [3.05, 3.63) is 38.9 Å². The monoisotopic (exact) mass is 285 g/mol. The third kappa shape index (κ3) is 4.50. The summed E-state index contributed by atoms with van der Waals surface area (Å²) in [5, 5.41) is 16.7. The van der Waals surface area contributed by atoms with Gasteiger partial charge in [-0.2, -0.15) is 0 Å². The smallest absolute Gasteiger partial charge is 0.283 e. The van der Waals surface area contributed by atoms with Gasteiger partial charge in [-0.1, -0.05) is 24.6 Å². The molecule has 2 N–H and O–H groups in total. The van der Waals surface area contributed by atoms with Gasteiger partial charge in [-0.25, -0.2) is 0 Å². The summed E-state index contributed by atoms with van der Waals surface area (Å²) < 4.78 is 0. The van der Waals surface area contributed by atoms with E-state index in [-0.39, 0.29) is 16.3 Å². The molecule has 0 saturated heterocycles. The van der Waals surface area contributed by atoms with Gasteiger partial charge in [-0.15, -0.1) is 0 Å². The van der Waals surface area contributed by atoms with Crippen molar-refractivity contribution in [2.24, 2.45) is 0 Å². The highest BCUT2D eigenvalue weighted by molar-refractivity contribution is 6.34. The average molecular weight is 286 g/mol. The van der Waals surface area contributed by atoms with Crippen LogP contribution in [-0.4, -0.2) is 30.5 Å². The molecule has 0 atom stereocenters. The van der Waals surface area contributed by atoms with Gasteiger partial charge in [0.2, 0.25) is 0 Å². The number of nitro groups is 1. The van der Waals surface area contributed by atoms with Gasteiger partial charge >= 0.3 is 0 Å². The molecule has 0 aliphatic rings. The van der Waals surface area contributed by atoms with Crippen LogP contribution in [-0.2, 0) is 0 Å². The van der Waals surface area contributed by atoms with E-state index in [9.17, 15) is 14.9 Å². The van der Waals surface area contributed by atoms with Gasteiger partial charge in [0.1, 0.15) is 5.56 Å². The molecule has 0 heterocycles. The number of amides is 1. The topological polar surface area (TPSA) is 84.3 Å². The second-order valence-electron chi connectivity index (χ2n) is 3.85. The Bertz CT molecular complexity index is 466. The van der Waals surface area contributed by atoms with Gasteiger partial charge in [0.15, 0.2) is 0 Å². The van der Waals surface area contributed by atoms with E-state index in [0.717, 1.165) is 19.5 Å². The highest BCUT2D eigenvalue weighted by atomic mass is 35.5. The molecule has 0 aliphatic heterocycles. The fraction of sp³-hybridized carbons (Fsp3) is 0.417. The molecule has 0 aliphatic carbocycles. The van der Waals surface area contributed by atoms with Crippen molar-refractivity contribution in [1.29, 1.82) is 0 Å². The number of benzene rings is 1. The lowest BCUT2D eigenvalue weighted by Gasteiger charge is -2.07. The first kappa shape index (κ1) is 15.4. The van der Waals surface area contributed by atoms with Crippen LogP contribution >= 0.6 is 11.6 Å². The summed E-state index contributed by atoms with van der Waals surface area (Å²) in [5.41, 5.74) is -0.366. The Morgan fingerprint density at radius 2 is 2.16 bits per heavy atom. The van der Waals surface area contributed by atoms with Crippen molar-refractivity contribution >= 4 is 23.2 Å². The summed E-state index contributed by atoms with van der Waals surface area (Å²) >= 11 is 5.85. The minimum Gasteiger partial charge on any atom is -0.352 e. The fourth-order valence-electron chi connectivity index (χ4n) is 1.57. The lowest BCUT2D eigenvalue weighted by atomic mass is 10.1. The third-order valence-electron chi connectivity index (χ3n) is 2.48. The molecule has 0 fully saturated rings. The zero-order valence-electron chi connectivity index (χ0n) is 10.6. The normalized spacial score (nSPS) is 10.2. The molecule has 1 rings (SSSR count). The minimum absolute atomic E-state index is 0.0818. The Morgan fingerprint density at radius 3 is 2.79 bits per heavy atom. The second kappa shape index (κ2) is 7.70. The first-order valence-corrected chi connectivity index (χ1v) is 6.37. The SMILES string of the molecule is CCNCCCNC(=O)c1c(Cl)cccc1[N+](=O)[O-]. The molecular formula is C12H16ClN3O3. The quantitative estimate of drug-likeness (QED) is 0.456. The van der Waals surface area contributed by atoms with Crippen LogP contribution in [0.15, 0.2) is 18.2 Å². The Hall–Kier alpha value is -1.66. The minimum atomic E-state index is -0.612. The van der Waals surface area contributed by atoms with Gasteiger partial charge < -0.3 is 10.6 Å². The molecule has 0 saturated carbocycles. The van der Waals surface area contributed by atoms with Crippen molar-refractivity contribution < 1.29 is 9.72 Å². The van der Waals surface area contributed by atoms with Crippen LogP contribution in [0.4, 0.5) is 5.69 Å². The molecule has 0 bridgehead atoms. The molecule has 1 aromatic rings. The number of carbonyl (C=O) groups excluding carboxylic acids is 1. The molecule has 0 radical (unpaired) electrons. The van der Waals surface area contributed by atoms with E-state index >= 15 is 0 Å². The summed E-state index contributed by atoms with van der Waals surface area (Å²) in [7, 11) is 0. The zero-order chi connectivity index (χ0) is 14.3. The number of halogens is 1.